The van der Waals surface area contributed by atoms with Crippen molar-refractivity contribution >= 4 is 0 Å². The molecular formula is C11H13FO2. The largest absolute Gasteiger partial charge is 0.488 e. The summed E-state index contributed by atoms with van der Waals surface area (Å²) in [7, 11) is 0. The van der Waals surface area contributed by atoms with Crippen LogP contribution in [0.4, 0.5) is 4.39 Å². The van der Waals surface area contributed by atoms with Gasteiger partial charge in [-0.1, -0.05) is 0 Å². The molecule has 1 saturated carbocycles. The van der Waals surface area contributed by atoms with Crippen LogP contribution in [0.2, 0.25) is 0 Å². The van der Waals surface area contributed by atoms with Crippen molar-refractivity contribution in [3.8, 4) is 5.75 Å². The Morgan fingerprint density at radius 1 is 1.21 bits per heavy atom. The van der Waals surface area contributed by atoms with E-state index in [0.717, 1.165) is 19.3 Å². The van der Waals surface area contributed by atoms with Crippen molar-refractivity contribution in [3.05, 3.63) is 30.1 Å². The van der Waals surface area contributed by atoms with E-state index in [1.807, 2.05) is 0 Å². The van der Waals surface area contributed by atoms with Gasteiger partial charge in [-0.3, -0.25) is 0 Å². The van der Waals surface area contributed by atoms with Crippen molar-refractivity contribution in [2.24, 2.45) is 0 Å². The van der Waals surface area contributed by atoms with E-state index in [2.05, 4.69) is 0 Å². The summed E-state index contributed by atoms with van der Waals surface area (Å²) in [6, 6.07) is 5.88. The number of rotatable bonds is 2. The summed E-state index contributed by atoms with van der Waals surface area (Å²) in [5.74, 6) is 0.349. The third-order valence-corrected chi connectivity index (χ3v) is 2.52. The Kier molecular flexibility index (Phi) is 2.68. The first-order valence-corrected chi connectivity index (χ1v) is 4.86. The maximum atomic E-state index is 12.6. The second-order valence-electron chi connectivity index (χ2n) is 3.61. The predicted octanol–water partition coefficient (Wildman–Crippen LogP) is 2.12. The summed E-state index contributed by atoms with van der Waals surface area (Å²) in [6.07, 6.45) is 2.16. The Balaban J connectivity index is 2.00. The number of ether oxygens (including phenoxy) is 1. The first kappa shape index (κ1) is 9.46. The van der Waals surface area contributed by atoms with Crippen molar-refractivity contribution in [3.63, 3.8) is 0 Å². The van der Waals surface area contributed by atoms with E-state index in [-0.39, 0.29) is 18.0 Å². The molecule has 0 unspecified atom stereocenters. The SMILES string of the molecule is O[C@H]1CCC[C@@H]1Oc1ccc(F)cc1. The van der Waals surface area contributed by atoms with Gasteiger partial charge in [0.25, 0.3) is 0 Å². The van der Waals surface area contributed by atoms with Gasteiger partial charge < -0.3 is 9.84 Å². The zero-order chi connectivity index (χ0) is 9.97. The van der Waals surface area contributed by atoms with E-state index >= 15 is 0 Å². The van der Waals surface area contributed by atoms with E-state index in [4.69, 9.17) is 4.74 Å². The Bertz CT molecular complexity index is 297. The summed E-state index contributed by atoms with van der Waals surface area (Å²) in [4.78, 5) is 0. The van der Waals surface area contributed by atoms with Gasteiger partial charge in [-0.2, -0.15) is 0 Å². The number of hydrogen-bond acceptors (Lipinski definition) is 2. The number of halogens is 1. The standard InChI is InChI=1S/C11H13FO2/c12-8-4-6-9(7-5-8)14-11-3-1-2-10(11)13/h4-7,10-11,13H,1-3H2/t10-,11-/m0/s1. The molecular weight excluding hydrogens is 183 g/mol. The van der Waals surface area contributed by atoms with Crippen LogP contribution in [0.25, 0.3) is 0 Å². The summed E-state index contributed by atoms with van der Waals surface area (Å²) >= 11 is 0. The molecule has 0 saturated heterocycles. The highest BCUT2D eigenvalue weighted by Crippen LogP contribution is 2.24. The number of aliphatic hydroxyl groups is 1. The van der Waals surface area contributed by atoms with Crippen LogP contribution >= 0.6 is 0 Å². The van der Waals surface area contributed by atoms with Crippen LogP contribution in [0.1, 0.15) is 19.3 Å². The molecule has 1 fully saturated rings. The van der Waals surface area contributed by atoms with Gasteiger partial charge in [0, 0.05) is 0 Å². The third kappa shape index (κ3) is 2.04. The zero-order valence-electron chi connectivity index (χ0n) is 7.82. The van der Waals surface area contributed by atoms with E-state index in [1.165, 1.54) is 12.1 Å². The number of benzene rings is 1. The smallest absolute Gasteiger partial charge is 0.124 e. The molecule has 2 rings (SSSR count). The third-order valence-electron chi connectivity index (χ3n) is 2.52. The van der Waals surface area contributed by atoms with Crippen molar-refractivity contribution in [2.75, 3.05) is 0 Å². The van der Waals surface area contributed by atoms with E-state index in [0.29, 0.717) is 5.75 Å². The zero-order valence-corrected chi connectivity index (χ0v) is 7.82. The molecule has 1 aromatic carbocycles. The molecule has 76 valence electrons. The van der Waals surface area contributed by atoms with Crippen molar-refractivity contribution in [2.45, 2.75) is 31.5 Å². The highest BCUT2D eigenvalue weighted by atomic mass is 19.1. The predicted molar refractivity (Wildman–Crippen MR) is 50.7 cm³/mol. The minimum absolute atomic E-state index is 0.125. The summed E-state index contributed by atoms with van der Waals surface area (Å²) in [6.45, 7) is 0. The van der Waals surface area contributed by atoms with Gasteiger partial charge in [0.05, 0.1) is 6.10 Å². The van der Waals surface area contributed by atoms with Crippen molar-refractivity contribution in [1.82, 2.24) is 0 Å². The molecule has 0 radical (unpaired) electrons. The lowest BCUT2D eigenvalue weighted by Gasteiger charge is -2.16. The molecule has 1 aliphatic carbocycles. The van der Waals surface area contributed by atoms with Gasteiger partial charge in [-0.25, -0.2) is 4.39 Å². The average molecular weight is 196 g/mol. The normalized spacial score (nSPS) is 26.4. The number of hydrogen-bond donors (Lipinski definition) is 1. The topological polar surface area (TPSA) is 29.5 Å². The molecule has 3 heteroatoms. The van der Waals surface area contributed by atoms with Gasteiger partial charge >= 0.3 is 0 Å². The molecule has 0 bridgehead atoms. The molecule has 0 heterocycles. The molecule has 1 aromatic rings. The Morgan fingerprint density at radius 2 is 1.93 bits per heavy atom. The minimum atomic E-state index is -0.375. The second kappa shape index (κ2) is 3.96. The molecule has 1 aliphatic rings. The van der Waals surface area contributed by atoms with Gasteiger partial charge in [0.1, 0.15) is 17.7 Å². The van der Waals surface area contributed by atoms with Crippen LogP contribution < -0.4 is 4.74 Å². The summed E-state index contributed by atoms with van der Waals surface area (Å²) in [5.41, 5.74) is 0. The monoisotopic (exact) mass is 196 g/mol. The van der Waals surface area contributed by atoms with Crippen molar-refractivity contribution < 1.29 is 14.2 Å². The van der Waals surface area contributed by atoms with Crippen LogP contribution in [0.15, 0.2) is 24.3 Å². The van der Waals surface area contributed by atoms with Crippen LogP contribution in [-0.2, 0) is 0 Å². The lowest BCUT2D eigenvalue weighted by atomic mass is 10.2. The molecule has 1 N–H and O–H groups in total. The Morgan fingerprint density at radius 3 is 2.50 bits per heavy atom. The molecule has 2 nitrogen and oxygen atoms in total. The first-order valence-electron chi connectivity index (χ1n) is 4.86. The van der Waals surface area contributed by atoms with Gasteiger partial charge in [0.2, 0.25) is 0 Å². The quantitative estimate of drug-likeness (QED) is 0.785. The molecule has 0 aliphatic heterocycles. The lowest BCUT2D eigenvalue weighted by molar-refractivity contribution is 0.0603. The maximum absolute atomic E-state index is 12.6. The van der Waals surface area contributed by atoms with E-state index < -0.39 is 0 Å². The molecule has 0 aromatic heterocycles. The first-order chi connectivity index (χ1) is 6.75. The molecule has 0 amide bonds. The van der Waals surface area contributed by atoms with Gasteiger partial charge in [-0.05, 0) is 43.5 Å². The van der Waals surface area contributed by atoms with Crippen LogP contribution in [0, 0.1) is 5.82 Å². The van der Waals surface area contributed by atoms with Crippen LogP contribution in [0.5, 0.6) is 5.75 Å². The molecule has 2 atom stereocenters. The fourth-order valence-electron chi connectivity index (χ4n) is 1.73. The van der Waals surface area contributed by atoms with Gasteiger partial charge in [-0.15, -0.1) is 0 Å². The molecule has 0 spiro atoms. The van der Waals surface area contributed by atoms with Crippen LogP contribution in [0.3, 0.4) is 0 Å². The minimum Gasteiger partial charge on any atom is -0.488 e. The highest BCUT2D eigenvalue weighted by molar-refractivity contribution is 5.22. The van der Waals surface area contributed by atoms with E-state index in [1.54, 1.807) is 12.1 Å². The lowest BCUT2D eigenvalue weighted by Crippen LogP contribution is -2.25. The highest BCUT2D eigenvalue weighted by Gasteiger charge is 2.26. The van der Waals surface area contributed by atoms with Gasteiger partial charge in [0.15, 0.2) is 0 Å². The maximum Gasteiger partial charge on any atom is 0.124 e. The molecule has 14 heavy (non-hydrogen) atoms. The second-order valence-corrected chi connectivity index (χ2v) is 3.61. The van der Waals surface area contributed by atoms with E-state index in [9.17, 15) is 9.50 Å². The van der Waals surface area contributed by atoms with Crippen LogP contribution in [-0.4, -0.2) is 17.3 Å². The Hall–Kier alpha value is -1.09. The Labute approximate surface area is 82.3 Å². The summed E-state index contributed by atoms with van der Waals surface area (Å²) < 4.78 is 18.1. The number of aliphatic hydroxyl groups excluding tert-OH is 1. The average Bonchev–Trinajstić information content (AvgIpc) is 2.56. The summed E-state index contributed by atoms with van der Waals surface area (Å²) in [5, 5.41) is 9.51. The fourth-order valence-corrected chi connectivity index (χ4v) is 1.73. The fraction of sp³-hybridized carbons (Fsp3) is 0.455. The van der Waals surface area contributed by atoms with Crippen molar-refractivity contribution in [1.29, 1.82) is 0 Å².